The second-order valence-electron chi connectivity index (χ2n) is 5.33. The molecular formula is C13H27ClN2O2. The number of ether oxygens (including phenoxy) is 1. The third kappa shape index (κ3) is 5.12. The van der Waals surface area contributed by atoms with Gasteiger partial charge in [0.05, 0.1) is 6.10 Å². The molecule has 5 heteroatoms. The molecule has 0 spiro atoms. The fourth-order valence-corrected chi connectivity index (χ4v) is 2.42. The smallest absolute Gasteiger partial charge is 0.224 e. The van der Waals surface area contributed by atoms with Gasteiger partial charge in [0.2, 0.25) is 5.91 Å². The molecule has 0 radical (unpaired) electrons. The van der Waals surface area contributed by atoms with E-state index in [2.05, 4.69) is 24.5 Å². The van der Waals surface area contributed by atoms with Crippen LogP contribution in [0.2, 0.25) is 0 Å². The van der Waals surface area contributed by atoms with E-state index in [1.165, 1.54) is 0 Å². The first-order chi connectivity index (χ1) is 8.06. The molecule has 0 aliphatic carbocycles. The Hall–Kier alpha value is -0.320. The zero-order valence-corrected chi connectivity index (χ0v) is 12.7. The lowest BCUT2D eigenvalue weighted by molar-refractivity contribution is -0.124. The molecule has 0 aromatic rings. The van der Waals surface area contributed by atoms with Gasteiger partial charge in [-0.2, -0.15) is 0 Å². The summed E-state index contributed by atoms with van der Waals surface area (Å²) in [5.74, 6) is 1.16. The first-order valence-electron chi connectivity index (χ1n) is 6.60. The van der Waals surface area contributed by atoms with Crippen LogP contribution in [-0.4, -0.2) is 38.8 Å². The predicted molar refractivity (Wildman–Crippen MR) is 76.0 cm³/mol. The molecule has 1 amide bonds. The zero-order valence-electron chi connectivity index (χ0n) is 11.9. The van der Waals surface area contributed by atoms with Gasteiger partial charge >= 0.3 is 0 Å². The van der Waals surface area contributed by atoms with Crippen LogP contribution in [0.4, 0.5) is 0 Å². The van der Waals surface area contributed by atoms with Crippen molar-refractivity contribution < 1.29 is 9.53 Å². The van der Waals surface area contributed by atoms with E-state index in [4.69, 9.17) is 4.74 Å². The molecule has 3 atom stereocenters. The Morgan fingerprint density at radius 3 is 2.61 bits per heavy atom. The summed E-state index contributed by atoms with van der Waals surface area (Å²) >= 11 is 0. The number of halogens is 1. The Kier molecular flexibility index (Phi) is 8.57. The van der Waals surface area contributed by atoms with Crippen LogP contribution in [0.5, 0.6) is 0 Å². The zero-order chi connectivity index (χ0) is 12.8. The van der Waals surface area contributed by atoms with Crippen molar-refractivity contribution in [1.29, 1.82) is 0 Å². The molecule has 2 N–H and O–H groups in total. The van der Waals surface area contributed by atoms with E-state index in [1.807, 2.05) is 14.0 Å². The van der Waals surface area contributed by atoms with Crippen LogP contribution in [0, 0.1) is 17.8 Å². The average molecular weight is 279 g/mol. The van der Waals surface area contributed by atoms with Gasteiger partial charge in [0.1, 0.15) is 0 Å². The summed E-state index contributed by atoms with van der Waals surface area (Å²) in [4.78, 5) is 11.8. The summed E-state index contributed by atoms with van der Waals surface area (Å²) in [5.41, 5.74) is 0. The van der Waals surface area contributed by atoms with Gasteiger partial charge < -0.3 is 15.4 Å². The standard InChI is InChI=1S/C13H26N2O2.ClH/c1-9(2)12-11(5-6-17-12)8-15-13(16)10(3)7-14-4;/h9-12,14H,5-8H2,1-4H3,(H,15,16);1H. The van der Waals surface area contributed by atoms with Crippen LogP contribution in [0.3, 0.4) is 0 Å². The fraction of sp³-hybridized carbons (Fsp3) is 0.923. The van der Waals surface area contributed by atoms with Crippen LogP contribution in [0.15, 0.2) is 0 Å². The molecule has 1 saturated heterocycles. The van der Waals surface area contributed by atoms with E-state index < -0.39 is 0 Å². The van der Waals surface area contributed by atoms with Crippen LogP contribution in [0.25, 0.3) is 0 Å². The molecule has 1 rings (SSSR count). The minimum atomic E-state index is 0. The molecule has 0 aromatic carbocycles. The number of carbonyl (C=O) groups is 1. The maximum absolute atomic E-state index is 11.8. The number of hydrogen-bond acceptors (Lipinski definition) is 3. The fourth-order valence-electron chi connectivity index (χ4n) is 2.42. The van der Waals surface area contributed by atoms with Crippen molar-refractivity contribution in [2.24, 2.45) is 17.8 Å². The third-order valence-corrected chi connectivity index (χ3v) is 3.42. The van der Waals surface area contributed by atoms with Crippen molar-refractivity contribution in [1.82, 2.24) is 10.6 Å². The second-order valence-corrected chi connectivity index (χ2v) is 5.33. The van der Waals surface area contributed by atoms with Crippen LogP contribution < -0.4 is 10.6 Å². The third-order valence-electron chi connectivity index (χ3n) is 3.42. The molecule has 3 unspecified atom stereocenters. The molecule has 4 nitrogen and oxygen atoms in total. The van der Waals surface area contributed by atoms with E-state index in [1.54, 1.807) is 0 Å². The van der Waals surface area contributed by atoms with Gasteiger partial charge in [-0.25, -0.2) is 0 Å². The summed E-state index contributed by atoms with van der Waals surface area (Å²) in [6.45, 7) is 8.59. The van der Waals surface area contributed by atoms with Crippen molar-refractivity contribution in [3.63, 3.8) is 0 Å². The molecule has 1 aliphatic heterocycles. The van der Waals surface area contributed by atoms with E-state index >= 15 is 0 Å². The highest BCUT2D eigenvalue weighted by Crippen LogP contribution is 2.26. The molecule has 0 bridgehead atoms. The van der Waals surface area contributed by atoms with Crippen LogP contribution >= 0.6 is 12.4 Å². The molecule has 0 aromatic heterocycles. The number of carbonyl (C=O) groups excluding carboxylic acids is 1. The highest BCUT2D eigenvalue weighted by molar-refractivity contribution is 5.85. The first kappa shape index (κ1) is 17.7. The van der Waals surface area contributed by atoms with Crippen molar-refractivity contribution in [3.05, 3.63) is 0 Å². The van der Waals surface area contributed by atoms with E-state index in [9.17, 15) is 4.79 Å². The van der Waals surface area contributed by atoms with E-state index in [-0.39, 0.29) is 24.2 Å². The monoisotopic (exact) mass is 278 g/mol. The van der Waals surface area contributed by atoms with Gasteiger partial charge in [0, 0.05) is 31.5 Å². The van der Waals surface area contributed by atoms with Gasteiger partial charge in [-0.15, -0.1) is 12.4 Å². The van der Waals surface area contributed by atoms with Gasteiger partial charge in [0.15, 0.2) is 0 Å². The predicted octanol–water partition coefficient (Wildman–Crippen LogP) is 1.44. The quantitative estimate of drug-likeness (QED) is 0.773. The topological polar surface area (TPSA) is 50.4 Å². The summed E-state index contributed by atoms with van der Waals surface area (Å²) in [6.07, 6.45) is 1.36. The highest BCUT2D eigenvalue weighted by Gasteiger charge is 2.30. The van der Waals surface area contributed by atoms with Gasteiger partial charge in [-0.05, 0) is 19.4 Å². The average Bonchev–Trinajstić information content (AvgIpc) is 2.74. The first-order valence-corrected chi connectivity index (χ1v) is 6.60. The summed E-state index contributed by atoms with van der Waals surface area (Å²) < 4.78 is 5.70. The molecule has 1 fully saturated rings. The lowest BCUT2D eigenvalue weighted by Crippen LogP contribution is -2.39. The van der Waals surface area contributed by atoms with Crippen LogP contribution in [-0.2, 0) is 9.53 Å². The Labute approximate surface area is 117 Å². The van der Waals surface area contributed by atoms with Crippen molar-refractivity contribution in [3.8, 4) is 0 Å². The molecule has 18 heavy (non-hydrogen) atoms. The van der Waals surface area contributed by atoms with Gasteiger partial charge in [0.25, 0.3) is 0 Å². The number of nitrogens with one attached hydrogen (secondary N) is 2. The van der Waals surface area contributed by atoms with Crippen molar-refractivity contribution >= 4 is 18.3 Å². The number of amides is 1. The van der Waals surface area contributed by atoms with Crippen LogP contribution in [0.1, 0.15) is 27.2 Å². The second kappa shape index (κ2) is 8.73. The Morgan fingerprint density at radius 2 is 2.06 bits per heavy atom. The Morgan fingerprint density at radius 1 is 1.39 bits per heavy atom. The lowest BCUT2D eigenvalue weighted by Gasteiger charge is -2.23. The molecule has 0 saturated carbocycles. The Balaban J connectivity index is 0.00000289. The maximum Gasteiger partial charge on any atom is 0.224 e. The van der Waals surface area contributed by atoms with Crippen molar-refractivity contribution in [2.45, 2.75) is 33.3 Å². The maximum atomic E-state index is 11.8. The summed E-state index contributed by atoms with van der Waals surface area (Å²) in [7, 11) is 1.86. The highest BCUT2D eigenvalue weighted by atomic mass is 35.5. The van der Waals surface area contributed by atoms with E-state index in [0.717, 1.165) is 26.1 Å². The van der Waals surface area contributed by atoms with Gasteiger partial charge in [-0.3, -0.25) is 4.79 Å². The normalized spacial score (nSPS) is 24.7. The van der Waals surface area contributed by atoms with Crippen molar-refractivity contribution in [2.75, 3.05) is 26.7 Å². The van der Waals surface area contributed by atoms with E-state index in [0.29, 0.717) is 17.9 Å². The minimum absolute atomic E-state index is 0. The summed E-state index contributed by atoms with van der Waals surface area (Å²) in [6, 6.07) is 0. The summed E-state index contributed by atoms with van der Waals surface area (Å²) in [5, 5.41) is 6.05. The molecule has 1 aliphatic rings. The number of rotatable bonds is 6. The molecular weight excluding hydrogens is 252 g/mol. The largest absolute Gasteiger partial charge is 0.378 e. The minimum Gasteiger partial charge on any atom is -0.378 e. The van der Waals surface area contributed by atoms with Gasteiger partial charge in [-0.1, -0.05) is 20.8 Å². The Bertz CT molecular complexity index is 249. The molecule has 1 heterocycles. The number of hydrogen-bond donors (Lipinski definition) is 2. The molecule has 108 valence electrons. The SMILES string of the molecule is CNCC(C)C(=O)NCC1CCOC1C(C)C.Cl. The lowest BCUT2D eigenvalue weighted by atomic mass is 9.93.